The van der Waals surface area contributed by atoms with E-state index >= 15 is 0 Å². The summed E-state index contributed by atoms with van der Waals surface area (Å²) < 4.78 is 12.8. The number of benzene rings is 1. The van der Waals surface area contributed by atoms with Crippen LogP contribution in [0.2, 0.25) is 0 Å². The van der Waals surface area contributed by atoms with Gasteiger partial charge in [0, 0.05) is 25.5 Å². The summed E-state index contributed by atoms with van der Waals surface area (Å²) in [6.07, 6.45) is 3.61. The molecule has 1 heterocycles. The van der Waals surface area contributed by atoms with Gasteiger partial charge in [-0.25, -0.2) is 4.39 Å². The van der Waals surface area contributed by atoms with Crippen molar-refractivity contribution in [2.45, 2.75) is 20.0 Å². The molecule has 3 heteroatoms. The Labute approximate surface area is 107 Å². The van der Waals surface area contributed by atoms with Crippen LogP contribution in [0.3, 0.4) is 0 Å². The van der Waals surface area contributed by atoms with E-state index in [1.807, 2.05) is 24.3 Å². The van der Waals surface area contributed by atoms with Gasteiger partial charge in [-0.2, -0.15) is 0 Å². The predicted molar refractivity (Wildman–Crippen MR) is 70.4 cm³/mol. The first-order valence-corrected chi connectivity index (χ1v) is 6.13. The molecule has 1 aromatic heterocycles. The lowest BCUT2D eigenvalue weighted by molar-refractivity contribution is 0.271. The topological polar surface area (TPSA) is 16.1 Å². The quantitative estimate of drug-likeness (QED) is 0.802. The van der Waals surface area contributed by atoms with Crippen LogP contribution in [0.4, 0.5) is 4.39 Å². The molecule has 0 unspecified atom stereocenters. The van der Waals surface area contributed by atoms with Gasteiger partial charge < -0.3 is 0 Å². The third-order valence-electron chi connectivity index (χ3n) is 2.92. The molecule has 2 rings (SSSR count). The summed E-state index contributed by atoms with van der Waals surface area (Å²) >= 11 is 0. The second-order valence-electron chi connectivity index (χ2n) is 4.29. The molecule has 2 aromatic rings. The summed E-state index contributed by atoms with van der Waals surface area (Å²) in [5.41, 5.74) is 2.38. The van der Waals surface area contributed by atoms with Crippen molar-refractivity contribution in [1.82, 2.24) is 9.88 Å². The van der Waals surface area contributed by atoms with Gasteiger partial charge in [-0.05, 0) is 41.9 Å². The zero-order valence-corrected chi connectivity index (χ0v) is 10.5. The number of pyridine rings is 1. The van der Waals surface area contributed by atoms with Crippen LogP contribution in [0.25, 0.3) is 0 Å². The van der Waals surface area contributed by atoms with Crippen LogP contribution in [0.15, 0.2) is 48.8 Å². The molecule has 0 aliphatic carbocycles. The summed E-state index contributed by atoms with van der Waals surface area (Å²) in [6, 6.07) is 10.7. The van der Waals surface area contributed by atoms with Crippen molar-refractivity contribution >= 4 is 0 Å². The molecular formula is C15H17FN2. The first kappa shape index (κ1) is 12.7. The zero-order chi connectivity index (χ0) is 12.8. The molecule has 0 bridgehead atoms. The van der Waals surface area contributed by atoms with Crippen LogP contribution in [-0.4, -0.2) is 16.4 Å². The normalized spacial score (nSPS) is 10.8. The summed E-state index contributed by atoms with van der Waals surface area (Å²) in [5, 5.41) is 0. The van der Waals surface area contributed by atoms with Gasteiger partial charge in [-0.15, -0.1) is 0 Å². The van der Waals surface area contributed by atoms with Crippen LogP contribution in [-0.2, 0) is 13.1 Å². The highest BCUT2D eigenvalue weighted by molar-refractivity contribution is 5.16. The Morgan fingerprint density at radius 1 is 0.944 bits per heavy atom. The lowest BCUT2D eigenvalue weighted by Crippen LogP contribution is -2.22. The summed E-state index contributed by atoms with van der Waals surface area (Å²) in [5.74, 6) is -0.184. The van der Waals surface area contributed by atoms with E-state index in [1.165, 1.54) is 17.7 Å². The smallest absolute Gasteiger partial charge is 0.123 e. The van der Waals surface area contributed by atoms with E-state index in [0.29, 0.717) is 0 Å². The minimum Gasteiger partial charge on any atom is -0.295 e. The van der Waals surface area contributed by atoms with Gasteiger partial charge in [0.25, 0.3) is 0 Å². The fourth-order valence-electron chi connectivity index (χ4n) is 1.87. The third kappa shape index (κ3) is 3.64. The minimum atomic E-state index is -0.184. The number of aromatic nitrogens is 1. The Bertz CT molecular complexity index is 468. The number of nitrogens with zero attached hydrogens (tertiary/aromatic N) is 2. The molecule has 0 saturated heterocycles. The van der Waals surface area contributed by atoms with Gasteiger partial charge in [-0.3, -0.25) is 9.88 Å². The fourth-order valence-corrected chi connectivity index (χ4v) is 1.87. The van der Waals surface area contributed by atoms with Crippen molar-refractivity contribution in [3.8, 4) is 0 Å². The maximum Gasteiger partial charge on any atom is 0.123 e. The van der Waals surface area contributed by atoms with Crippen LogP contribution in [0.1, 0.15) is 18.1 Å². The van der Waals surface area contributed by atoms with Crippen LogP contribution >= 0.6 is 0 Å². The Morgan fingerprint density at radius 3 is 2.06 bits per heavy atom. The molecular weight excluding hydrogens is 227 g/mol. The number of hydrogen-bond donors (Lipinski definition) is 0. The maximum atomic E-state index is 12.8. The van der Waals surface area contributed by atoms with Crippen molar-refractivity contribution in [1.29, 1.82) is 0 Å². The van der Waals surface area contributed by atoms with Crippen LogP contribution in [0.5, 0.6) is 0 Å². The van der Waals surface area contributed by atoms with Crippen molar-refractivity contribution in [3.63, 3.8) is 0 Å². The molecule has 0 N–H and O–H groups in total. The van der Waals surface area contributed by atoms with E-state index in [0.717, 1.165) is 25.2 Å². The summed E-state index contributed by atoms with van der Waals surface area (Å²) in [4.78, 5) is 6.32. The van der Waals surface area contributed by atoms with Crippen LogP contribution < -0.4 is 0 Å². The average molecular weight is 244 g/mol. The Hall–Kier alpha value is -1.74. The molecule has 18 heavy (non-hydrogen) atoms. The highest BCUT2D eigenvalue weighted by atomic mass is 19.1. The van der Waals surface area contributed by atoms with E-state index < -0.39 is 0 Å². The van der Waals surface area contributed by atoms with E-state index in [4.69, 9.17) is 0 Å². The van der Waals surface area contributed by atoms with E-state index in [9.17, 15) is 4.39 Å². The van der Waals surface area contributed by atoms with Gasteiger partial charge in [0.2, 0.25) is 0 Å². The van der Waals surface area contributed by atoms with Crippen molar-refractivity contribution in [2.75, 3.05) is 6.54 Å². The molecule has 0 radical (unpaired) electrons. The third-order valence-corrected chi connectivity index (χ3v) is 2.92. The molecule has 94 valence electrons. The van der Waals surface area contributed by atoms with E-state index in [-0.39, 0.29) is 5.82 Å². The monoisotopic (exact) mass is 244 g/mol. The second kappa shape index (κ2) is 6.26. The van der Waals surface area contributed by atoms with E-state index in [2.05, 4.69) is 16.8 Å². The average Bonchev–Trinajstić information content (AvgIpc) is 2.41. The Kier molecular flexibility index (Phi) is 4.42. The van der Waals surface area contributed by atoms with Crippen molar-refractivity contribution in [3.05, 3.63) is 65.7 Å². The van der Waals surface area contributed by atoms with Crippen molar-refractivity contribution in [2.24, 2.45) is 0 Å². The number of halogens is 1. The molecule has 0 aliphatic heterocycles. The number of hydrogen-bond acceptors (Lipinski definition) is 2. The molecule has 0 aliphatic rings. The zero-order valence-electron chi connectivity index (χ0n) is 10.5. The molecule has 0 atom stereocenters. The van der Waals surface area contributed by atoms with Gasteiger partial charge in [0.05, 0.1) is 0 Å². The minimum absolute atomic E-state index is 0.184. The maximum absolute atomic E-state index is 12.8. The predicted octanol–water partition coefficient (Wildman–Crippen LogP) is 3.24. The van der Waals surface area contributed by atoms with Gasteiger partial charge >= 0.3 is 0 Å². The number of rotatable bonds is 5. The lowest BCUT2D eigenvalue weighted by Gasteiger charge is -2.20. The van der Waals surface area contributed by atoms with Gasteiger partial charge in [-0.1, -0.05) is 19.1 Å². The van der Waals surface area contributed by atoms with Gasteiger partial charge in [0.15, 0.2) is 0 Å². The SMILES string of the molecule is CCN(Cc1ccncc1)Cc1ccc(F)cc1. The summed E-state index contributed by atoms with van der Waals surface area (Å²) in [7, 11) is 0. The fraction of sp³-hybridized carbons (Fsp3) is 0.267. The highest BCUT2D eigenvalue weighted by Gasteiger charge is 2.04. The van der Waals surface area contributed by atoms with E-state index in [1.54, 1.807) is 12.4 Å². The Balaban J connectivity index is 1.99. The molecule has 2 nitrogen and oxygen atoms in total. The van der Waals surface area contributed by atoms with Crippen molar-refractivity contribution < 1.29 is 4.39 Å². The van der Waals surface area contributed by atoms with Crippen LogP contribution in [0, 0.1) is 5.82 Å². The first-order chi connectivity index (χ1) is 8.78. The van der Waals surface area contributed by atoms with Gasteiger partial charge in [0.1, 0.15) is 5.82 Å². The molecule has 0 saturated carbocycles. The first-order valence-electron chi connectivity index (χ1n) is 6.13. The molecule has 0 amide bonds. The standard InChI is InChI=1S/C15H17FN2/c1-2-18(12-14-7-9-17-10-8-14)11-13-3-5-15(16)6-4-13/h3-10H,2,11-12H2,1H3. The molecule has 0 spiro atoms. The highest BCUT2D eigenvalue weighted by Crippen LogP contribution is 2.10. The molecule has 0 fully saturated rings. The summed E-state index contributed by atoms with van der Waals surface area (Å²) in [6.45, 7) is 4.81. The lowest BCUT2D eigenvalue weighted by atomic mass is 10.2. The Morgan fingerprint density at radius 2 is 1.50 bits per heavy atom. The largest absolute Gasteiger partial charge is 0.295 e. The second-order valence-corrected chi connectivity index (χ2v) is 4.29. The molecule has 1 aromatic carbocycles.